The number of hydrogen-bond acceptors (Lipinski definition) is 12. The first kappa shape index (κ1) is 92.4. The van der Waals surface area contributed by atoms with Crippen LogP contribution in [0.2, 0.25) is 0 Å². The smallest absolute Gasteiger partial charge is 1.00 e. The Bertz CT molecular complexity index is 2590. The van der Waals surface area contributed by atoms with Gasteiger partial charge in [-0.25, -0.2) is 0 Å². The van der Waals surface area contributed by atoms with Crippen LogP contribution in [-0.4, -0.2) is 125 Å². The van der Waals surface area contributed by atoms with Crippen molar-refractivity contribution in [2.24, 2.45) is 16.2 Å². The number of alkyl halides is 1. The molecule has 2 atom stereocenters. The molecule has 4 aromatic rings. The molecule has 0 radical (unpaired) electrons. The second-order valence-corrected chi connectivity index (χ2v) is 31.1. The van der Waals surface area contributed by atoms with Crippen molar-refractivity contribution in [1.29, 1.82) is 0 Å². The van der Waals surface area contributed by atoms with Crippen molar-refractivity contribution in [1.82, 2.24) is 0 Å². The predicted molar refractivity (Wildman–Crippen MR) is 392 cm³/mol. The van der Waals surface area contributed by atoms with Crippen molar-refractivity contribution in [3.63, 3.8) is 0 Å². The standard InChI is InChI=1S/C17H27BO3.C12H24B2O4.C11H15BrO.C11H13BrO.C8H7BrO.2C4H8O.CH3I.Al.Li.Na.5H/c1-15(2,3)14(19)12-8-10-13(11-9-12)18-20-16(4,5)17(6,7)21-18;1-9(2)10(3,4)16-13(15-9)14-17-11(5,6)12(7,8)18-14;2*1-11(2,3)10(13)8-4-6-9(12)7-5-8;1-6(10)7-2-4-8(9)5-3-7;2*1-2-4-5-3-1;1-2;;;;;;;;/h8-11,14,19H,1-7H3;1-8H3;4-7,10,13H,1-3H3;4-7H,1-3H3;2-5H,1H3;2*1-4H2;1H3;;;;;;;;/q;;;;;;;;;2*+1;;;;2*-1. The zero-order valence-corrected chi connectivity index (χ0v) is 67.7. The van der Waals surface area contributed by atoms with Gasteiger partial charge in [-0.3, -0.25) is 9.59 Å². The van der Waals surface area contributed by atoms with Gasteiger partial charge in [0.2, 0.25) is 0 Å². The van der Waals surface area contributed by atoms with Crippen LogP contribution in [0.15, 0.2) is 110 Å². The maximum absolute atomic E-state index is 11.8. The fraction of sp³-hybridized carbons (Fsp3) is 0.618. The average molecular weight is 1580 g/mol. The molecule has 90 heavy (non-hydrogen) atoms. The van der Waals surface area contributed by atoms with Crippen molar-refractivity contribution in [2.75, 3.05) is 31.4 Å². The summed E-state index contributed by atoms with van der Waals surface area (Å²) in [6, 6.07) is 30.4. The molecule has 5 aliphatic rings. The molecule has 22 heteroatoms. The van der Waals surface area contributed by atoms with Crippen LogP contribution in [0.5, 0.6) is 0 Å². The molecule has 2 N–H and O–H groups in total. The molecule has 5 aliphatic heterocycles. The maximum Gasteiger partial charge on any atom is 1.00 e. The number of rotatable bonds is 6. The van der Waals surface area contributed by atoms with Crippen molar-refractivity contribution >= 4 is 126 Å². The number of carbonyl (C=O) groups excluding carboxylic acids is 2. The topological polar surface area (TPSA) is 148 Å². The van der Waals surface area contributed by atoms with E-state index < -0.39 is 26.2 Å². The Hall–Kier alpha value is 0.315. The minimum absolute atomic E-state index is 0. The molecule has 5 heterocycles. The SMILES string of the molecule is C1CCOC1.C1CCOC1.CC(=O)c1ccc(Br)cc1.CC(C)(C)C(=O)c1ccc(Br)cc1.CC(C)(C)C(O)c1ccc(B2OC(C)(C)C(C)(C)O2)cc1.CC(C)(C)C(O)c1ccc(Br)cc1.CC1(C)OB(B2OC(C)(C)C(C)(C)O2)OC1(C)C.CI.[AlH3].[H-].[H-].[Li+].[Na+]. The molecular formula is C68H110AlB3Br3ILiNaO12. The van der Waals surface area contributed by atoms with E-state index in [9.17, 15) is 19.8 Å². The molecule has 2 unspecified atom stereocenters. The first-order valence-electron chi connectivity index (χ1n) is 30.2. The van der Waals surface area contributed by atoms with Crippen molar-refractivity contribution < 1.29 is 108 Å². The Balaban J connectivity index is -0.000000503. The number of benzene rings is 4. The average Bonchev–Trinajstić information content (AvgIpc) is 1.61. The fourth-order valence-electron chi connectivity index (χ4n) is 8.20. The molecule has 5 fully saturated rings. The predicted octanol–water partition coefficient (Wildman–Crippen LogP) is 10.9. The molecule has 9 rings (SSSR count). The van der Waals surface area contributed by atoms with Gasteiger partial charge in [0, 0.05) is 56.4 Å². The van der Waals surface area contributed by atoms with E-state index in [1.807, 2.05) is 235 Å². The largest absolute Gasteiger partial charge is 1.00 e. The van der Waals surface area contributed by atoms with E-state index in [-0.39, 0.29) is 137 Å². The Kier molecular flexibility index (Phi) is 41.5. The summed E-state index contributed by atoms with van der Waals surface area (Å²) in [4.78, 5) is 24.5. The molecule has 12 nitrogen and oxygen atoms in total. The molecule has 0 bridgehead atoms. The van der Waals surface area contributed by atoms with Gasteiger partial charge in [0.05, 0.1) is 45.8 Å². The van der Waals surface area contributed by atoms with Gasteiger partial charge in [0.15, 0.2) is 28.9 Å². The monoisotopic (exact) mass is 1570 g/mol. The van der Waals surface area contributed by atoms with E-state index >= 15 is 0 Å². The summed E-state index contributed by atoms with van der Waals surface area (Å²) in [5.74, 6) is 0.285. The Labute approximate surface area is 632 Å². The molecule has 0 saturated carbocycles. The normalized spacial score (nSPS) is 19.1. The summed E-state index contributed by atoms with van der Waals surface area (Å²) in [5.41, 5.74) is 1.72. The first-order valence-corrected chi connectivity index (χ1v) is 34.8. The molecule has 0 spiro atoms. The molecule has 0 aromatic heterocycles. The Morgan fingerprint density at radius 2 is 0.711 bits per heavy atom. The molecule has 0 aliphatic carbocycles. The van der Waals surface area contributed by atoms with E-state index in [0.717, 1.165) is 67.6 Å². The second kappa shape index (κ2) is 40.4. The van der Waals surface area contributed by atoms with E-state index in [1.165, 1.54) is 25.7 Å². The summed E-state index contributed by atoms with van der Waals surface area (Å²) in [6.45, 7) is 47.9. The van der Waals surface area contributed by atoms with E-state index in [4.69, 9.17) is 37.4 Å². The number of aliphatic hydroxyl groups is 2. The molecule has 0 amide bonds. The molecule has 4 aromatic carbocycles. The van der Waals surface area contributed by atoms with Gasteiger partial charge in [-0.15, -0.1) is 0 Å². The Morgan fingerprint density at radius 3 is 0.944 bits per heavy atom. The van der Waals surface area contributed by atoms with Crippen LogP contribution in [0.1, 0.15) is 225 Å². The minimum atomic E-state index is -0.482. The summed E-state index contributed by atoms with van der Waals surface area (Å²) < 4.78 is 48.8. The number of ketones is 2. The van der Waals surface area contributed by atoms with E-state index in [0.29, 0.717) is 0 Å². The van der Waals surface area contributed by atoms with Crippen LogP contribution in [-0.2, 0) is 37.4 Å². The number of halogens is 4. The molecular weight excluding hydrogens is 1460 g/mol. The van der Waals surface area contributed by atoms with Crippen LogP contribution >= 0.6 is 70.4 Å². The van der Waals surface area contributed by atoms with Crippen molar-refractivity contribution in [3.05, 3.63) is 133 Å². The number of ether oxygens (including phenoxy) is 2. The van der Waals surface area contributed by atoms with Gasteiger partial charge in [0.25, 0.3) is 0 Å². The summed E-state index contributed by atoms with van der Waals surface area (Å²) >= 11 is 12.1. The Morgan fingerprint density at radius 1 is 0.467 bits per heavy atom. The molecule has 5 saturated heterocycles. The summed E-state index contributed by atoms with van der Waals surface area (Å²) in [5, 5.41) is 20.2. The number of aliphatic hydroxyl groups excluding tert-OH is 2. The van der Waals surface area contributed by atoms with Crippen LogP contribution < -0.4 is 53.9 Å². The van der Waals surface area contributed by atoms with Gasteiger partial charge in [-0.2, -0.15) is 0 Å². The number of hydrogen-bond donors (Lipinski definition) is 2. The minimum Gasteiger partial charge on any atom is -1.00 e. The third-order valence-electron chi connectivity index (χ3n) is 16.1. The second-order valence-electron chi connectivity index (χ2n) is 28.4. The summed E-state index contributed by atoms with van der Waals surface area (Å²) in [6.07, 6.45) is 4.23. The summed E-state index contributed by atoms with van der Waals surface area (Å²) in [7, 11) is -1.30. The van der Waals surface area contributed by atoms with Crippen LogP contribution in [0, 0.1) is 16.2 Å². The quantitative estimate of drug-likeness (QED) is 0.0819. The fourth-order valence-corrected chi connectivity index (χ4v) is 8.99. The van der Waals surface area contributed by atoms with Crippen LogP contribution in [0.3, 0.4) is 0 Å². The van der Waals surface area contributed by atoms with Crippen molar-refractivity contribution in [2.45, 2.75) is 224 Å². The van der Waals surface area contributed by atoms with E-state index in [1.54, 1.807) is 19.1 Å². The third-order valence-corrected chi connectivity index (χ3v) is 17.6. The maximum atomic E-state index is 11.8. The van der Waals surface area contributed by atoms with Crippen LogP contribution in [0.4, 0.5) is 0 Å². The third kappa shape index (κ3) is 30.2. The first-order chi connectivity index (χ1) is 39.8. The van der Waals surface area contributed by atoms with Crippen LogP contribution in [0.25, 0.3) is 0 Å². The van der Waals surface area contributed by atoms with Gasteiger partial charge >= 0.3 is 69.6 Å². The van der Waals surface area contributed by atoms with Gasteiger partial charge in [-0.05, 0) is 184 Å². The molecule has 496 valence electrons. The number of carbonyl (C=O) groups is 2. The van der Waals surface area contributed by atoms with Gasteiger partial charge in [0.1, 0.15) is 0 Å². The van der Waals surface area contributed by atoms with Gasteiger partial charge in [-0.1, -0.05) is 193 Å². The zero-order valence-electron chi connectivity index (χ0n) is 60.8. The number of Topliss-reactive ketones (excluding diaryl/α,β-unsaturated/α-hetero) is 2. The van der Waals surface area contributed by atoms with Gasteiger partial charge < -0.3 is 50.5 Å². The zero-order chi connectivity index (χ0) is 66.8. The van der Waals surface area contributed by atoms with Crippen molar-refractivity contribution in [3.8, 4) is 0 Å². The van der Waals surface area contributed by atoms with E-state index in [2.05, 4.69) is 70.4 Å².